The van der Waals surface area contributed by atoms with Crippen LogP contribution in [-0.4, -0.2) is 29.7 Å². The number of amides is 1. The highest BCUT2D eigenvalue weighted by molar-refractivity contribution is 6.30. The van der Waals surface area contributed by atoms with E-state index in [0.29, 0.717) is 45.0 Å². The van der Waals surface area contributed by atoms with E-state index in [1.54, 1.807) is 48.5 Å². The van der Waals surface area contributed by atoms with E-state index >= 15 is 0 Å². The van der Waals surface area contributed by atoms with Crippen LogP contribution in [0, 0.1) is 5.82 Å². The van der Waals surface area contributed by atoms with Crippen LogP contribution in [0.15, 0.2) is 96.1 Å². The summed E-state index contributed by atoms with van der Waals surface area (Å²) < 4.78 is 25.2. The van der Waals surface area contributed by atoms with E-state index in [-0.39, 0.29) is 11.4 Å². The monoisotopic (exact) mass is 555 g/mol. The Morgan fingerprint density at radius 1 is 0.975 bits per heavy atom. The zero-order chi connectivity index (χ0) is 28.1. The molecule has 1 amide bonds. The average Bonchev–Trinajstić information content (AvgIpc) is 3.34. The first-order valence-electron chi connectivity index (χ1n) is 12.4. The number of rotatable bonds is 8. The van der Waals surface area contributed by atoms with Crippen molar-refractivity contribution >= 4 is 40.6 Å². The number of aromatic nitrogens is 1. The van der Waals surface area contributed by atoms with Gasteiger partial charge in [-0.2, -0.15) is 5.10 Å². The van der Waals surface area contributed by atoms with Crippen molar-refractivity contribution < 1.29 is 23.5 Å². The summed E-state index contributed by atoms with van der Waals surface area (Å²) in [6.45, 7) is 2.15. The second-order valence-electron chi connectivity index (χ2n) is 8.67. The van der Waals surface area contributed by atoms with E-state index in [1.165, 1.54) is 18.3 Å². The fraction of sp³-hybridized carbons (Fsp3) is 0.0645. The van der Waals surface area contributed by atoms with Crippen molar-refractivity contribution in [3.05, 3.63) is 119 Å². The van der Waals surface area contributed by atoms with E-state index in [2.05, 4.69) is 15.5 Å². The molecule has 0 bridgehead atoms. The molecule has 0 saturated carbocycles. The van der Waals surface area contributed by atoms with Gasteiger partial charge in [0.05, 0.1) is 18.4 Å². The molecule has 200 valence electrons. The number of hydrogen-bond donors (Lipinski definition) is 2. The summed E-state index contributed by atoms with van der Waals surface area (Å²) in [5.41, 5.74) is 5.68. The lowest BCUT2D eigenvalue weighted by atomic mass is 10.0. The molecule has 0 atom stereocenters. The maximum absolute atomic E-state index is 14.0. The molecule has 4 aromatic carbocycles. The van der Waals surface area contributed by atoms with Crippen molar-refractivity contribution in [1.82, 2.24) is 10.4 Å². The number of benzene rings is 4. The first-order chi connectivity index (χ1) is 19.4. The van der Waals surface area contributed by atoms with Crippen LogP contribution in [0.5, 0.6) is 11.5 Å². The van der Waals surface area contributed by atoms with Gasteiger partial charge < -0.3 is 14.5 Å². The number of fused-ring (bicyclic) bond motifs is 1. The number of nitrogens with one attached hydrogen (secondary N) is 2. The van der Waals surface area contributed by atoms with E-state index in [0.717, 1.165) is 5.56 Å². The molecule has 2 N–H and O–H groups in total. The number of halogens is 2. The topological polar surface area (TPSA) is 92.8 Å². The molecule has 1 heterocycles. The van der Waals surface area contributed by atoms with Gasteiger partial charge in [0, 0.05) is 21.5 Å². The molecule has 0 aliphatic carbocycles. The maximum atomic E-state index is 14.0. The number of nitrogens with zero attached hydrogens (tertiary/aromatic N) is 1. The van der Waals surface area contributed by atoms with Crippen LogP contribution in [0.1, 0.15) is 33.3 Å². The summed E-state index contributed by atoms with van der Waals surface area (Å²) in [5, 5.41) is 5.19. The first kappa shape index (κ1) is 26.6. The molecule has 0 saturated heterocycles. The van der Waals surface area contributed by atoms with Gasteiger partial charge in [-0.25, -0.2) is 14.6 Å². The molecule has 1 aromatic heterocycles. The van der Waals surface area contributed by atoms with Gasteiger partial charge in [0.15, 0.2) is 11.5 Å². The smallest absolute Gasteiger partial charge is 0.343 e. The van der Waals surface area contributed by atoms with Gasteiger partial charge in [0.25, 0.3) is 5.91 Å². The predicted octanol–water partition coefficient (Wildman–Crippen LogP) is 7.01. The first-order valence-corrected chi connectivity index (χ1v) is 12.8. The minimum atomic E-state index is -0.557. The van der Waals surface area contributed by atoms with E-state index in [9.17, 15) is 14.0 Å². The SMILES string of the molecule is CCOc1cc(C=NNC(=O)c2[nH]c3ccc(F)cc3c2-c2ccccc2)ccc1OC(=O)c1ccc(Cl)cc1. The van der Waals surface area contributed by atoms with Crippen LogP contribution in [0.2, 0.25) is 5.02 Å². The van der Waals surface area contributed by atoms with Crippen molar-refractivity contribution in [2.24, 2.45) is 5.10 Å². The number of esters is 1. The molecule has 40 heavy (non-hydrogen) atoms. The number of H-pyrrole nitrogens is 1. The van der Waals surface area contributed by atoms with Crippen molar-refractivity contribution in [3.63, 3.8) is 0 Å². The quantitative estimate of drug-likeness (QED) is 0.0932. The highest BCUT2D eigenvalue weighted by Gasteiger charge is 2.19. The van der Waals surface area contributed by atoms with Crippen LogP contribution in [-0.2, 0) is 0 Å². The molecule has 0 fully saturated rings. The summed E-state index contributed by atoms with van der Waals surface area (Å²) in [6, 6.07) is 24.8. The highest BCUT2D eigenvalue weighted by atomic mass is 35.5. The summed E-state index contributed by atoms with van der Waals surface area (Å²) >= 11 is 5.89. The molecular formula is C31H23ClFN3O4. The maximum Gasteiger partial charge on any atom is 0.343 e. The fourth-order valence-electron chi connectivity index (χ4n) is 4.16. The van der Waals surface area contributed by atoms with Crippen molar-refractivity contribution in [2.45, 2.75) is 6.92 Å². The van der Waals surface area contributed by atoms with Gasteiger partial charge in [0.2, 0.25) is 0 Å². The Morgan fingerprint density at radius 3 is 2.50 bits per heavy atom. The lowest BCUT2D eigenvalue weighted by molar-refractivity contribution is 0.0728. The minimum absolute atomic E-state index is 0.237. The Hall–Kier alpha value is -4.95. The molecular weight excluding hydrogens is 533 g/mol. The van der Waals surface area contributed by atoms with Crippen molar-refractivity contribution in [1.29, 1.82) is 0 Å². The Morgan fingerprint density at radius 2 is 1.75 bits per heavy atom. The van der Waals surface area contributed by atoms with Crippen LogP contribution >= 0.6 is 11.6 Å². The fourth-order valence-corrected chi connectivity index (χ4v) is 4.29. The second kappa shape index (κ2) is 11.8. The second-order valence-corrected chi connectivity index (χ2v) is 9.10. The lowest BCUT2D eigenvalue weighted by Crippen LogP contribution is -2.18. The largest absolute Gasteiger partial charge is 0.490 e. The number of ether oxygens (including phenoxy) is 2. The molecule has 0 unspecified atom stereocenters. The third kappa shape index (κ3) is 5.87. The standard InChI is InChI=1S/C31H23ClFN3O4/c1-2-39-27-16-19(8-15-26(27)40-31(38)21-9-11-22(32)12-10-21)18-34-36-30(37)29-28(20-6-4-3-5-7-20)24-17-23(33)13-14-25(24)35-29/h3-18,35H,2H2,1H3,(H,36,37). The molecule has 5 rings (SSSR count). The Labute approximate surface area is 234 Å². The molecule has 0 aliphatic rings. The lowest BCUT2D eigenvalue weighted by Gasteiger charge is -2.11. The van der Waals surface area contributed by atoms with Crippen LogP contribution in [0.3, 0.4) is 0 Å². The summed E-state index contributed by atoms with van der Waals surface area (Å²) in [7, 11) is 0. The van der Waals surface area contributed by atoms with E-state index in [4.69, 9.17) is 21.1 Å². The zero-order valence-corrected chi connectivity index (χ0v) is 22.0. The van der Waals surface area contributed by atoms with Gasteiger partial charge in [-0.05, 0) is 78.7 Å². The molecule has 0 aliphatic heterocycles. The van der Waals surface area contributed by atoms with Crippen molar-refractivity contribution in [3.8, 4) is 22.6 Å². The van der Waals surface area contributed by atoms with Crippen LogP contribution < -0.4 is 14.9 Å². The van der Waals surface area contributed by atoms with Gasteiger partial charge >= 0.3 is 5.97 Å². The van der Waals surface area contributed by atoms with E-state index in [1.807, 2.05) is 37.3 Å². The third-order valence-corrected chi connectivity index (χ3v) is 6.23. The summed E-state index contributed by atoms with van der Waals surface area (Å²) in [4.78, 5) is 28.8. The normalized spacial score (nSPS) is 11.1. The third-order valence-electron chi connectivity index (χ3n) is 5.98. The van der Waals surface area contributed by atoms with Gasteiger partial charge in [-0.15, -0.1) is 0 Å². The summed E-state index contributed by atoms with van der Waals surface area (Å²) in [6.07, 6.45) is 1.44. The van der Waals surface area contributed by atoms with Crippen molar-refractivity contribution in [2.75, 3.05) is 6.61 Å². The molecule has 5 aromatic rings. The minimum Gasteiger partial charge on any atom is -0.490 e. The molecule has 0 radical (unpaired) electrons. The number of carbonyl (C=O) groups excluding carboxylic acids is 2. The van der Waals surface area contributed by atoms with Crippen LogP contribution in [0.4, 0.5) is 4.39 Å². The average molecular weight is 556 g/mol. The number of hydrazone groups is 1. The zero-order valence-electron chi connectivity index (χ0n) is 21.3. The molecule has 9 heteroatoms. The molecule has 7 nitrogen and oxygen atoms in total. The van der Waals surface area contributed by atoms with Gasteiger partial charge in [-0.1, -0.05) is 41.9 Å². The predicted molar refractivity (Wildman–Crippen MR) is 153 cm³/mol. The highest BCUT2D eigenvalue weighted by Crippen LogP contribution is 2.33. The van der Waals surface area contributed by atoms with Gasteiger partial charge in [0.1, 0.15) is 11.5 Å². The number of carbonyl (C=O) groups is 2. The Balaban J connectivity index is 1.35. The Kier molecular flexibility index (Phi) is 7.89. The van der Waals surface area contributed by atoms with E-state index < -0.39 is 17.7 Å². The van der Waals surface area contributed by atoms with Crippen LogP contribution in [0.25, 0.3) is 22.0 Å². The Bertz CT molecular complexity index is 1720. The number of hydrogen-bond acceptors (Lipinski definition) is 5. The number of aromatic amines is 1. The summed E-state index contributed by atoms with van der Waals surface area (Å²) in [5.74, 6) is -0.880. The van der Waals surface area contributed by atoms with Gasteiger partial charge in [-0.3, -0.25) is 4.79 Å². The molecule has 0 spiro atoms.